The Bertz CT molecular complexity index is 662. The van der Waals surface area contributed by atoms with Crippen molar-refractivity contribution in [2.24, 2.45) is 0 Å². The van der Waals surface area contributed by atoms with Crippen LogP contribution in [0, 0.1) is 10.1 Å². The molecule has 4 nitrogen and oxygen atoms in total. The summed E-state index contributed by atoms with van der Waals surface area (Å²) in [6.45, 7) is 2.47. The molecule has 2 aromatic rings. The maximum absolute atomic E-state index is 10.7. The molecule has 0 fully saturated rings. The Labute approximate surface area is 132 Å². The number of nitrogens with one attached hydrogen (secondary N) is 1. The minimum absolute atomic E-state index is 0.0181. The van der Waals surface area contributed by atoms with Gasteiger partial charge < -0.3 is 5.32 Å². The van der Waals surface area contributed by atoms with Gasteiger partial charge in [0.25, 0.3) is 5.69 Å². The summed E-state index contributed by atoms with van der Waals surface area (Å²) in [5.74, 6) is 0. The van der Waals surface area contributed by atoms with Crippen LogP contribution in [0.25, 0.3) is 0 Å². The van der Waals surface area contributed by atoms with Gasteiger partial charge in [0.1, 0.15) is 0 Å². The fraction of sp³-hybridized carbons (Fsp3) is 0.200. The zero-order chi connectivity index (χ0) is 15.4. The molecule has 0 aromatic heterocycles. The zero-order valence-corrected chi connectivity index (χ0v) is 12.9. The minimum Gasteiger partial charge on any atom is -0.306 e. The van der Waals surface area contributed by atoms with Crippen molar-refractivity contribution < 1.29 is 4.92 Å². The molecule has 0 aliphatic heterocycles. The zero-order valence-electron chi connectivity index (χ0n) is 11.3. The van der Waals surface area contributed by atoms with Crippen LogP contribution in [0.2, 0.25) is 10.0 Å². The Balaban J connectivity index is 2.07. The summed E-state index contributed by atoms with van der Waals surface area (Å²) in [7, 11) is 0. The fourth-order valence-corrected chi connectivity index (χ4v) is 2.47. The van der Waals surface area contributed by atoms with Crippen molar-refractivity contribution in [1.29, 1.82) is 0 Å². The molecule has 1 atom stereocenters. The highest BCUT2D eigenvalue weighted by Gasteiger charge is 2.11. The molecule has 0 saturated carbocycles. The average Bonchev–Trinajstić information content (AvgIpc) is 2.47. The van der Waals surface area contributed by atoms with E-state index in [1.807, 2.05) is 19.1 Å². The van der Waals surface area contributed by atoms with Gasteiger partial charge in [-0.1, -0.05) is 35.3 Å². The van der Waals surface area contributed by atoms with Crippen LogP contribution in [0.4, 0.5) is 5.69 Å². The summed E-state index contributed by atoms with van der Waals surface area (Å²) in [5.41, 5.74) is 1.83. The summed E-state index contributed by atoms with van der Waals surface area (Å²) in [6.07, 6.45) is 0. The van der Waals surface area contributed by atoms with Gasteiger partial charge in [-0.2, -0.15) is 0 Å². The molecule has 1 N–H and O–H groups in total. The normalized spacial score (nSPS) is 12.1. The number of halogens is 2. The van der Waals surface area contributed by atoms with Gasteiger partial charge >= 0.3 is 0 Å². The first-order chi connectivity index (χ1) is 9.97. The molecule has 0 aliphatic carbocycles. The highest BCUT2D eigenvalue weighted by Crippen LogP contribution is 2.26. The van der Waals surface area contributed by atoms with Gasteiger partial charge in [-0.15, -0.1) is 0 Å². The maximum Gasteiger partial charge on any atom is 0.269 e. The van der Waals surface area contributed by atoms with E-state index < -0.39 is 4.92 Å². The number of nitro groups is 1. The number of hydrogen-bond donors (Lipinski definition) is 1. The monoisotopic (exact) mass is 324 g/mol. The van der Waals surface area contributed by atoms with Crippen molar-refractivity contribution in [3.63, 3.8) is 0 Å². The Hall–Kier alpha value is -1.62. The van der Waals surface area contributed by atoms with E-state index in [2.05, 4.69) is 5.32 Å². The first-order valence-corrected chi connectivity index (χ1v) is 7.14. The van der Waals surface area contributed by atoms with Gasteiger partial charge in [0, 0.05) is 34.8 Å². The lowest BCUT2D eigenvalue weighted by Crippen LogP contribution is -2.18. The van der Waals surface area contributed by atoms with Crippen LogP contribution in [0.1, 0.15) is 24.1 Å². The largest absolute Gasteiger partial charge is 0.306 e. The number of nitrogens with zero attached hydrogens (tertiary/aromatic N) is 1. The first kappa shape index (κ1) is 15.8. The van der Waals surface area contributed by atoms with Crippen molar-refractivity contribution in [3.05, 3.63) is 73.8 Å². The van der Waals surface area contributed by atoms with E-state index in [0.717, 1.165) is 11.1 Å². The number of rotatable bonds is 5. The van der Waals surface area contributed by atoms with Crippen molar-refractivity contribution >= 4 is 28.9 Å². The molecule has 0 heterocycles. The van der Waals surface area contributed by atoms with E-state index >= 15 is 0 Å². The molecular weight excluding hydrogens is 311 g/mol. The Morgan fingerprint density at radius 3 is 2.71 bits per heavy atom. The second kappa shape index (κ2) is 6.89. The molecule has 0 amide bonds. The topological polar surface area (TPSA) is 55.2 Å². The van der Waals surface area contributed by atoms with Crippen LogP contribution in [0.15, 0.2) is 42.5 Å². The Morgan fingerprint density at radius 2 is 2.00 bits per heavy atom. The van der Waals surface area contributed by atoms with E-state index in [-0.39, 0.29) is 11.7 Å². The standard InChI is InChI=1S/C15H14Cl2N2O2/c1-10(14-8-12(16)5-6-15(14)17)18-9-11-3-2-4-13(7-11)19(20)21/h2-8,10,18H,9H2,1H3. The second-order valence-corrected chi connectivity index (χ2v) is 5.54. The lowest BCUT2D eigenvalue weighted by atomic mass is 10.1. The smallest absolute Gasteiger partial charge is 0.269 e. The van der Waals surface area contributed by atoms with E-state index in [4.69, 9.17) is 23.2 Å². The molecule has 6 heteroatoms. The fourth-order valence-electron chi connectivity index (χ4n) is 2.01. The van der Waals surface area contributed by atoms with Gasteiger partial charge in [0.15, 0.2) is 0 Å². The molecule has 2 rings (SSSR count). The van der Waals surface area contributed by atoms with Crippen LogP contribution in [0.3, 0.4) is 0 Å². The third-order valence-electron chi connectivity index (χ3n) is 3.16. The summed E-state index contributed by atoms with van der Waals surface area (Å²) in [6, 6.07) is 11.8. The van der Waals surface area contributed by atoms with E-state index in [0.29, 0.717) is 16.6 Å². The summed E-state index contributed by atoms with van der Waals surface area (Å²) in [5, 5.41) is 15.3. The van der Waals surface area contributed by atoms with Crippen LogP contribution in [-0.2, 0) is 6.54 Å². The quantitative estimate of drug-likeness (QED) is 0.637. The minimum atomic E-state index is -0.402. The molecule has 0 spiro atoms. The third kappa shape index (κ3) is 4.17. The molecule has 0 aliphatic rings. The van der Waals surface area contributed by atoms with Gasteiger partial charge in [-0.25, -0.2) is 0 Å². The van der Waals surface area contributed by atoms with Crippen LogP contribution in [0.5, 0.6) is 0 Å². The summed E-state index contributed by atoms with van der Waals surface area (Å²) < 4.78 is 0. The molecule has 110 valence electrons. The number of benzene rings is 2. The average molecular weight is 325 g/mol. The molecular formula is C15H14Cl2N2O2. The summed E-state index contributed by atoms with van der Waals surface area (Å²) >= 11 is 12.1. The van der Waals surface area contributed by atoms with Crippen LogP contribution >= 0.6 is 23.2 Å². The van der Waals surface area contributed by atoms with Gasteiger partial charge in [0.05, 0.1) is 4.92 Å². The van der Waals surface area contributed by atoms with E-state index in [1.54, 1.807) is 24.3 Å². The van der Waals surface area contributed by atoms with Crippen molar-refractivity contribution in [2.75, 3.05) is 0 Å². The Morgan fingerprint density at radius 1 is 1.24 bits per heavy atom. The van der Waals surface area contributed by atoms with E-state index in [1.165, 1.54) is 6.07 Å². The lowest BCUT2D eigenvalue weighted by Gasteiger charge is -2.16. The molecule has 0 bridgehead atoms. The van der Waals surface area contributed by atoms with Crippen molar-refractivity contribution in [3.8, 4) is 0 Å². The second-order valence-electron chi connectivity index (χ2n) is 4.70. The number of hydrogen-bond acceptors (Lipinski definition) is 3. The summed E-state index contributed by atoms with van der Waals surface area (Å²) in [4.78, 5) is 10.3. The Kier molecular flexibility index (Phi) is 5.17. The van der Waals surface area contributed by atoms with E-state index in [9.17, 15) is 10.1 Å². The molecule has 1 unspecified atom stereocenters. The highest BCUT2D eigenvalue weighted by atomic mass is 35.5. The first-order valence-electron chi connectivity index (χ1n) is 6.39. The maximum atomic E-state index is 10.7. The predicted octanol–water partition coefficient (Wildman–Crippen LogP) is 4.75. The lowest BCUT2D eigenvalue weighted by molar-refractivity contribution is -0.384. The van der Waals surface area contributed by atoms with Crippen LogP contribution < -0.4 is 5.32 Å². The SMILES string of the molecule is CC(NCc1cccc([N+](=O)[O-])c1)c1cc(Cl)ccc1Cl. The predicted molar refractivity (Wildman–Crippen MR) is 84.8 cm³/mol. The molecule has 0 radical (unpaired) electrons. The number of nitro benzene ring substituents is 1. The molecule has 0 saturated heterocycles. The molecule has 21 heavy (non-hydrogen) atoms. The van der Waals surface area contributed by atoms with Crippen LogP contribution in [-0.4, -0.2) is 4.92 Å². The van der Waals surface area contributed by atoms with Crippen molar-refractivity contribution in [1.82, 2.24) is 5.32 Å². The molecule has 2 aromatic carbocycles. The van der Waals surface area contributed by atoms with Crippen molar-refractivity contribution in [2.45, 2.75) is 19.5 Å². The van der Waals surface area contributed by atoms with Gasteiger partial charge in [-0.3, -0.25) is 10.1 Å². The third-order valence-corrected chi connectivity index (χ3v) is 3.74. The highest BCUT2D eigenvalue weighted by molar-refractivity contribution is 6.33. The van der Waals surface area contributed by atoms with Gasteiger partial charge in [0.2, 0.25) is 0 Å². The number of non-ortho nitro benzene ring substituents is 1. The van der Waals surface area contributed by atoms with Gasteiger partial charge in [-0.05, 0) is 36.2 Å².